The Morgan fingerprint density at radius 1 is 1.20 bits per heavy atom. The first kappa shape index (κ1) is 17.9. The van der Waals surface area contributed by atoms with Gasteiger partial charge in [-0.25, -0.2) is 4.98 Å². The van der Waals surface area contributed by atoms with Crippen LogP contribution >= 0.6 is 0 Å². The lowest BCUT2D eigenvalue weighted by Crippen LogP contribution is -2.45. The van der Waals surface area contributed by atoms with Crippen LogP contribution in [0.25, 0.3) is 11.5 Å². The molecular weight excluding hydrogens is 314 g/mol. The van der Waals surface area contributed by atoms with Crippen LogP contribution in [0.2, 0.25) is 0 Å². The average molecular weight is 343 g/mol. The summed E-state index contributed by atoms with van der Waals surface area (Å²) in [4.78, 5) is 13.9. The van der Waals surface area contributed by atoms with Gasteiger partial charge in [-0.05, 0) is 38.8 Å². The van der Waals surface area contributed by atoms with Gasteiger partial charge >= 0.3 is 0 Å². The summed E-state index contributed by atoms with van der Waals surface area (Å²) >= 11 is 0. The maximum atomic E-state index is 5.42. The molecule has 0 atom stereocenters. The molecule has 2 aromatic heterocycles. The number of likely N-dealkylation sites (tertiary alicyclic amines) is 1. The topological polar surface area (TPSA) is 58.3 Å². The predicted molar refractivity (Wildman–Crippen MR) is 99.8 cm³/mol. The third-order valence-corrected chi connectivity index (χ3v) is 5.09. The molecule has 1 fully saturated rings. The van der Waals surface area contributed by atoms with Crippen molar-refractivity contribution in [3.8, 4) is 11.5 Å². The zero-order chi connectivity index (χ0) is 18.0. The van der Waals surface area contributed by atoms with E-state index in [9.17, 15) is 0 Å². The smallest absolute Gasteiger partial charge is 0.258 e. The molecule has 0 bridgehead atoms. The molecule has 0 amide bonds. The molecule has 1 aliphatic heterocycles. The van der Waals surface area contributed by atoms with Gasteiger partial charge in [-0.2, -0.15) is 4.98 Å². The van der Waals surface area contributed by atoms with Crippen LogP contribution in [0.3, 0.4) is 0 Å². The average Bonchev–Trinajstić information content (AvgIpc) is 3.12. The highest BCUT2D eigenvalue weighted by atomic mass is 16.5. The summed E-state index contributed by atoms with van der Waals surface area (Å²) in [6, 6.07) is 5.12. The molecule has 6 heteroatoms. The molecule has 6 nitrogen and oxygen atoms in total. The van der Waals surface area contributed by atoms with Crippen molar-refractivity contribution in [2.75, 3.05) is 25.0 Å². The number of hydrogen-bond donors (Lipinski definition) is 0. The van der Waals surface area contributed by atoms with E-state index in [0.29, 0.717) is 18.0 Å². The molecule has 0 saturated carbocycles. The Bertz CT molecular complexity index is 689. The Morgan fingerprint density at radius 3 is 2.52 bits per heavy atom. The molecule has 2 aromatic rings. The number of aromatic nitrogens is 3. The summed E-state index contributed by atoms with van der Waals surface area (Å²) < 4.78 is 5.42. The summed E-state index contributed by atoms with van der Waals surface area (Å²) in [5, 5.41) is 4.06. The molecule has 3 heterocycles. The molecule has 25 heavy (non-hydrogen) atoms. The molecule has 0 aliphatic carbocycles. The van der Waals surface area contributed by atoms with Crippen LogP contribution in [0.4, 0.5) is 5.82 Å². The zero-order valence-electron chi connectivity index (χ0n) is 15.9. The maximum Gasteiger partial charge on any atom is 0.258 e. The fraction of sp³-hybridized carbons (Fsp3) is 0.632. The number of pyridine rings is 1. The second kappa shape index (κ2) is 7.52. The largest absolute Gasteiger partial charge is 0.357 e. The van der Waals surface area contributed by atoms with Gasteiger partial charge < -0.3 is 14.3 Å². The van der Waals surface area contributed by atoms with E-state index in [1.165, 1.54) is 12.8 Å². The highest BCUT2D eigenvalue weighted by Crippen LogP contribution is 2.26. The van der Waals surface area contributed by atoms with Crippen molar-refractivity contribution in [1.29, 1.82) is 0 Å². The molecule has 136 valence electrons. The summed E-state index contributed by atoms with van der Waals surface area (Å²) in [7, 11) is 2.13. The minimum Gasteiger partial charge on any atom is -0.357 e. The molecule has 0 N–H and O–H groups in total. The third-order valence-electron chi connectivity index (χ3n) is 5.09. The Hall–Kier alpha value is -1.95. The molecule has 0 spiro atoms. The van der Waals surface area contributed by atoms with Crippen LogP contribution in [0, 0.1) is 0 Å². The van der Waals surface area contributed by atoms with Gasteiger partial charge in [0.2, 0.25) is 0 Å². The molecule has 3 rings (SSSR count). The van der Waals surface area contributed by atoms with Crippen molar-refractivity contribution in [2.24, 2.45) is 0 Å². The summed E-state index contributed by atoms with van der Waals surface area (Å²) in [5.74, 6) is 2.52. The second-order valence-electron chi connectivity index (χ2n) is 7.49. The normalized spacial score (nSPS) is 16.8. The monoisotopic (exact) mass is 343 g/mol. The van der Waals surface area contributed by atoms with Crippen LogP contribution in [-0.4, -0.2) is 52.2 Å². The van der Waals surface area contributed by atoms with E-state index in [2.05, 4.69) is 59.7 Å². The first-order chi connectivity index (χ1) is 12.0. The van der Waals surface area contributed by atoms with E-state index < -0.39 is 0 Å². The maximum absolute atomic E-state index is 5.42. The Kier molecular flexibility index (Phi) is 5.37. The Balaban J connectivity index is 1.72. The van der Waals surface area contributed by atoms with Gasteiger partial charge in [0.1, 0.15) is 5.82 Å². The van der Waals surface area contributed by atoms with E-state index >= 15 is 0 Å². The molecule has 0 aromatic carbocycles. The first-order valence-corrected chi connectivity index (χ1v) is 9.22. The van der Waals surface area contributed by atoms with Crippen LogP contribution < -0.4 is 4.90 Å². The summed E-state index contributed by atoms with van der Waals surface area (Å²) in [6.45, 7) is 10.9. The lowest BCUT2D eigenvalue weighted by molar-refractivity contribution is 0.171. The Labute approximate surface area is 150 Å². The van der Waals surface area contributed by atoms with Gasteiger partial charge in [-0.15, -0.1) is 0 Å². The van der Waals surface area contributed by atoms with Crippen LogP contribution in [0.1, 0.15) is 52.3 Å². The van der Waals surface area contributed by atoms with E-state index in [1.54, 1.807) is 0 Å². The number of piperidine rings is 1. The van der Waals surface area contributed by atoms with Crippen molar-refractivity contribution < 1.29 is 4.52 Å². The zero-order valence-corrected chi connectivity index (χ0v) is 15.9. The van der Waals surface area contributed by atoms with Gasteiger partial charge in [-0.1, -0.05) is 19.0 Å². The Morgan fingerprint density at radius 2 is 1.92 bits per heavy atom. The molecule has 1 aliphatic rings. The lowest BCUT2D eigenvalue weighted by atomic mass is 10.0. The number of anilines is 1. The molecule has 0 radical (unpaired) electrons. The second-order valence-corrected chi connectivity index (χ2v) is 7.49. The highest BCUT2D eigenvalue weighted by Gasteiger charge is 2.24. The highest BCUT2D eigenvalue weighted by molar-refractivity contribution is 5.58. The van der Waals surface area contributed by atoms with Crippen molar-refractivity contribution >= 4 is 5.82 Å². The van der Waals surface area contributed by atoms with Gasteiger partial charge in [-0.3, -0.25) is 0 Å². The van der Waals surface area contributed by atoms with Crippen LogP contribution in [0.5, 0.6) is 0 Å². The standard InChI is InChI=1S/C19H29N5O/c1-13(2)18-21-19(25-22-18)15-6-9-20-17(12-15)23(5)16-7-10-24(11-8-16)14(3)4/h6,9,12-14,16H,7-8,10-11H2,1-5H3. The SMILES string of the molecule is CC(C)c1noc(-c2ccnc(N(C)C3CCN(C(C)C)CC3)c2)n1. The van der Waals surface area contributed by atoms with Crippen LogP contribution in [0.15, 0.2) is 22.9 Å². The van der Waals surface area contributed by atoms with Crippen molar-refractivity contribution in [1.82, 2.24) is 20.0 Å². The van der Waals surface area contributed by atoms with Gasteiger partial charge in [0.05, 0.1) is 0 Å². The number of hydrogen-bond acceptors (Lipinski definition) is 6. The molecule has 0 unspecified atom stereocenters. The fourth-order valence-electron chi connectivity index (χ4n) is 3.31. The van der Waals surface area contributed by atoms with Crippen molar-refractivity contribution in [3.63, 3.8) is 0 Å². The van der Waals surface area contributed by atoms with Gasteiger partial charge in [0.25, 0.3) is 5.89 Å². The van der Waals surface area contributed by atoms with E-state index in [-0.39, 0.29) is 5.92 Å². The van der Waals surface area contributed by atoms with E-state index in [0.717, 1.165) is 30.3 Å². The predicted octanol–water partition coefficient (Wildman–Crippen LogP) is 3.56. The van der Waals surface area contributed by atoms with E-state index in [4.69, 9.17) is 4.52 Å². The minimum atomic E-state index is 0.257. The van der Waals surface area contributed by atoms with Crippen LogP contribution in [-0.2, 0) is 0 Å². The summed E-state index contributed by atoms with van der Waals surface area (Å²) in [5.41, 5.74) is 0.927. The minimum absolute atomic E-state index is 0.257. The first-order valence-electron chi connectivity index (χ1n) is 9.22. The molecule has 1 saturated heterocycles. The van der Waals surface area contributed by atoms with Crippen molar-refractivity contribution in [3.05, 3.63) is 24.2 Å². The van der Waals surface area contributed by atoms with Crippen molar-refractivity contribution in [2.45, 2.75) is 58.5 Å². The van der Waals surface area contributed by atoms with E-state index in [1.807, 2.05) is 18.3 Å². The lowest BCUT2D eigenvalue weighted by Gasteiger charge is -2.39. The number of rotatable bonds is 5. The molecular formula is C19H29N5O. The quantitative estimate of drug-likeness (QED) is 0.827. The van der Waals surface area contributed by atoms with Gasteiger partial charge in [0, 0.05) is 49.9 Å². The summed E-state index contributed by atoms with van der Waals surface area (Å²) in [6.07, 6.45) is 4.15. The van der Waals surface area contributed by atoms with Gasteiger partial charge in [0.15, 0.2) is 5.82 Å². The number of nitrogens with zero attached hydrogens (tertiary/aromatic N) is 5. The fourth-order valence-corrected chi connectivity index (χ4v) is 3.31. The third kappa shape index (κ3) is 4.00.